The van der Waals surface area contributed by atoms with Crippen LogP contribution >= 0.6 is 0 Å². The number of aromatic nitrogens is 2. The molecule has 0 saturated heterocycles. The molecule has 0 aliphatic heterocycles. The van der Waals surface area contributed by atoms with Crippen LogP contribution in [0.25, 0.3) is 0 Å². The molecule has 0 bridgehead atoms. The molecule has 1 fully saturated rings. The summed E-state index contributed by atoms with van der Waals surface area (Å²) in [7, 11) is 2.22. The Bertz CT molecular complexity index is 295. The second kappa shape index (κ2) is 5.80. The van der Waals surface area contributed by atoms with Gasteiger partial charge in [-0.3, -0.25) is 0 Å². The third-order valence-electron chi connectivity index (χ3n) is 3.29. The first-order valence-corrected chi connectivity index (χ1v) is 6.08. The summed E-state index contributed by atoms with van der Waals surface area (Å²) < 4.78 is 0. The van der Waals surface area contributed by atoms with Gasteiger partial charge in [0.05, 0.1) is 0 Å². The molecule has 4 nitrogen and oxygen atoms in total. The number of hydrogen-bond acceptors (Lipinski definition) is 4. The lowest BCUT2D eigenvalue weighted by atomic mass is 10.2. The van der Waals surface area contributed by atoms with Gasteiger partial charge in [0.2, 0.25) is 0 Å². The maximum atomic E-state index is 3.99. The highest BCUT2D eigenvalue weighted by atomic mass is 15.2. The minimum absolute atomic E-state index is 0.795. The average Bonchev–Trinajstić information content (AvgIpc) is 2.84. The first kappa shape index (κ1) is 11.3. The van der Waals surface area contributed by atoms with Gasteiger partial charge in [0, 0.05) is 25.3 Å². The van der Waals surface area contributed by atoms with Crippen LogP contribution in [0.4, 0.5) is 5.82 Å². The largest absolute Gasteiger partial charge is 0.367 e. The Labute approximate surface area is 97.1 Å². The van der Waals surface area contributed by atoms with Crippen LogP contribution in [-0.2, 0) is 0 Å². The van der Waals surface area contributed by atoms with Crippen LogP contribution in [-0.4, -0.2) is 41.3 Å². The SMILES string of the molecule is CN(CCNc1cccnn1)C1CCCC1. The van der Waals surface area contributed by atoms with E-state index in [1.165, 1.54) is 25.7 Å². The van der Waals surface area contributed by atoms with Crippen molar-refractivity contribution in [3.8, 4) is 0 Å². The van der Waals surface area contributed by atoms with E-state index in [1.807, 2.05) is 12.1 Å². The van der Waals surface area contributed by atoms with Crippen LogP contribution in [0.15, 0.2) is 18.3 Å². The summed E-state index contributed by atoms with van der Waals surface area (Å²) in [6.07, 6.45) is 7.21. The van der Waals surface area contributed by atoms with Gasteiger partial charge in [0.15, 0.2) is 0 Å². The lowest BCUT2D eigenvalue weighted by Gasteiger charge is -2.23. The predicted octanol–water partition coefficient (Wildman–Crippen LogP) is 1.76. The highest BCUT2D eigenvalue weighted by Crippen LogP contribution is 2.21. The molecule has 1 heterocycles. The molecule has 0 aromatic carbocycles. The van der Waals surface area contributed by atoms with Crippen molar-refractivity contribution in [3.05, 3.63) is 18.3 Å². The predicted molar refractivity (Wildman–Crippen MR) is 65.4 cm³/mol. The highest BCUT2D eigenvalue weighted by molar-refractivity contribution is 5.31. The van der Waals surface area contributed by atoms with Crippen molar-refractivity contribution >= 4 is 5.82 Å². The van der Waals surface area contributed by atoms with Crippen LogP contribution in [0.5, 0.6) is 0 Å². The van der Waals surface area contributed by atoms with E-state index < -0.39 is 0 Å². The Kier molecular flexibility index (Phi) is 4.10. The number of likely N-dealkylation sites (N-methyl/N-ethyl adjacent to an activating group) is 1. The van der Waals surface area contributed by atoms with E-state index in [0.717, 1.165) is 24.9 Å². The Balaban J connectivity index is 1.67. The molecule has 0 atom stereocenters. The summed E-state index contributed by atoms with van der Waals surface area (Å²) >= 11 is 0. The molecule has 0 spiro atoms. The maximum absolute atomic E-state index is 3.99. The van der Waals surface area contributed by atoms with Crippen molar-refractivity contribution in [2.45, 2.75) is 31.7 Å². The third kappa shape index (κ3) is 3.17. The molecule has 0 radical (unpaired) electrons. The number of nitrogens with zero attached hydrogens (tertiary/aromatic N) is 3. The lowest BCUT2D eigenvalue weighted by Crippen LogP contribution is -2.33. The second-order valence-electron chi connectivity index (χ2n) is 4.45. The maximum Gasteiger partial charge on any atom is 0.148 e. The van der Waals surface area contributed by atoms with E-state index >= 15 is 0 Å². The fourth-order valence-corrected chi connectivity index (χ4v) is 2.28. The van der Waals surface area contributed by atoms with Gasteiger partial charge >= 0.3 is 0 Å². The molecule has 1 aromatic heterocycles. The molecular weight excluding hydrogens is 200 g/mol. The van der Waals surface area contributed by atoms with Crippen molar-refractivity contribution in [1.82, 2.24) is 15.1 Å². The van der Waals surface area contributed by atoms with E-state index in [0.29, 0.717) is 0 Å². The van der Waals surface area contributed by atoms with Gasteiger partial charge < -0.3 is 10.2 Å². The van der Waals surface area contributed by atoms with E-state index in [-0.39, 0.29) is 0 Å². The van der Waals surface area contributed by atoms with Gasteiger partial charge in [-0.1, -0.05) is 12.8 Å². The number of hydrogen-bond donors (Lipinski definition) is 1. The molecule has 1 N–H and O–H groups in total. The topological polar surface area (TPSA) is 41.0 Å². The minimum Gasteiger partial charge on any atom is -0.367 e. The van der Waals surface area contributed by atoms with E-state index in [2.05, 4.69) is 27.5 Å². The highest BCUT2D eigenvalue weighted by Gasteiger charge is 2.18. The Morgan fingerprint density at radius 1 is 1.44 bits per heavy atom. The normalized spacial score (nSPS) is 16.9. The molecule has 1 aliphatic rings. The number of nitrogens with one attached hydrogen (secondary N) is 1. The summed E-state index contributed by atoms with van der Waals surface area (Å²) in [5.41, 5.74) is 0. The molecule has 4 heteroatoms. The van der Waals surface area contributed by atoms with Crippen LogP contribution < -0.4 is 5.32 Å². The van der Waals surface area contributed by atoms with Crippen molar-refractivity contribution in [3.63, 3.8) is 0 Å². The van der Waals surface area contributed by atoms with Gasteiger partial charge in [-0.2, -0.15) is 5.10 Å². The van der Waals surface area contributed by atoms with Gasteiger partial charge in [0.1, 0.15) is 5.82 Å². The van der Waals surface area contributed by atoms with Crippen LogP contribution in [0.1, 0.15) is 25.7 Å². The zero-order valence-corrected chi connectivity index (χ0v) is 9.89. The van der Waals surface area contributed by atoms with E-state index in [9.17, 15) is 0 Å². The first-order valence-electron chi connectivity index (χ1n) is 6.08. The number of anilines is 1. The monoisotopic (exact) mass is 220 g/mol. The molecule has 1 aliphatic carbocycles. The minimum atomic E-state index is 0.795. The van der Waals surface area contributed by atoms with Crippen molar-refractivity contribution < 1.29 is 0 Å². The first-order chi connectivity index (χ1) is 7.86. The third-order valence-corrected chi connectivity index (χ3v) is 3.29. The molecular formula is C12H20N4. The lowest BCUT2D eigenvalue weighted by molar-refractivity contribution is 0.254. The molecule has 2 rings (SSSR count). The zero-order valence-electron chi connectivity index (χ0n) is 9.89. The van der Waals surface area contributed by atoms with Gasteiger partial charge in [0.25, 0.3) is 0 Å². The van der Waals surface area contributed by atoms with E-state index in [4.69, 9.17) is 0 Å². The molecule has 1 aromatic rings. The van der Waals surface area contributed by atoms with Crippen molar-refractivity contribution in [1.29, 1.82) is 0 Å². The second-order valence-corrected chi connectivity index (χ2v) is 4.45. The molecule has 16 heavy (non-hydrogen) atoms. The Morgan fingerprint density at radius 3 is 2.94 bits per heavy atom. The Hall–Kier alpha value is -1.16. The van der Waals surface area contributed by atoms with Crippen LogP contribution in [0.2, 0.25) is 0 Å². The smallest absolute Gasteiger partial charge is 0.148 e. The summed E-state index contributed by atoms with van der Waals surface area (Å²) in [6, 6.07) is 4.64. The fourth-order valence-electron chi connectivity index (χ4n) is 2.28. The van der Waals surface area contributed by atoms with Crippen LogP contribution in [0, 0.1) is 0 Å². The summed E-state index contributed by atoms with van der Waals surface area (Å²) in [4.78, 5) is 2.45. The van der Waals surface area contributed by atoms with Gasteiger partial charge in [-0.05, 0) is 32.0 Å². The number of rotatable bonds is 5. The molecule has 88 valence electrons. The average molecular weight is 220 g/mol. The van der Waals surface area contributed by atoms with Gasteiger partial charge in [-0.25, -0.2) is 0 Å². The molecule has 0 unspecified atom stereocenters. The molecule has 1 saturated carbocycles. The fraction of sp³-hybridized carbons (Fsp3) is 0.667. The summed E-state index contributed by atoms with van der Waals surface area (Å²) in [5, 5.41) is 11.1. The zero-order chi connectivity index (χ0) is 11.2. The Morgan fingerprint density at radius 2 is 2.25 bits per heavy atom. The molecule has 0 amide bonds. The summed E-state index contributed by atoms with van der Waals surface area (Å²) in [5.74, 6) is 0.863. The van der Waals surface area contributed by atoms with Crippen LogP contribution in [0.3, 0.4) is 0 Å². The van der Waals surface area contributed by atoms with Crippen molar-refractivity contribution in [2.75, 3.05) is 25.5 Å². The van der Waals surface area contributed by atoms with Crippen molar-refractivity contribution in [2.24, 2.45) is 0 Å². The summed E-state index contributed by atoms with van der Waals surface area (Å²) in [6.45, 7) is 2.01. The quantitative estimate of drug-likeness (QED) is 0.821. The van der Waals surface area contributed by atoms with Gasteiger partial charge in [-0.15, -0.1) is 5.10 Å². The van der Waals surface area contributed by atoms with E-state index in [1.54, 1.807) is 6.20 Å². The standard InChI is InChI=1S/C12H20N4/c1-16(11-5-2-3-6-11)10-9-13-12-7-4-8-14-15-12/h4,7-8,11H,2-3,5-6,9-10H2,1H3,(H,13,15).